The van der Waals surface area contributed by atoms with Crippen LogP contribution in [0.1, 0.15) is 18.7 Å². The highest BCUT2D eigenvalue weighted by Crippen LogP contribution is 2.24. The highest BCUT2D eigenvalue weighted by Gasteiger charge is 2.31. The molecule has 0 saturated carbocycles. The molecule has 18 heavy (non-hydrogen) atoms. The Hall–Kier alpha value is -0.400. The molecular formula is C11H18BrN3O2S. The fourth-order valence-corrected chi connectivity index (χ4v) is 4.26. The molecule has 2 rings (SSSR count). The topological polar surface area (TPSA) is 55.2 Å². The quantitative estimate of drug-likeness (QED) is 0.787. The van der Waals surface area contributed by atoms with Gasteiger partial charge in [0.05, 0.1) is 0 Å². The largest absolute Gasteiger partial charge is 0.337 e. The number of halogens is 1. The summed E-state index contributed by atoms with van der Waals surface area (Å²) in [6, 6.07) is 0. The third-order valence-corrected chi connectivity index (χ3v) is 6.04. The summed E-state index contributed by atoms with van der Waals surface area (Å²) in [5, 5.41) is 1.01. The number of aryl methyl sites for hydroxylation is 2. The van der Waals surface area contributed by atoms with Crippen LogP contribution in [0.4, 0.5) is 0 Å². The number of hydrogen-bond acceptors (Lipinski definition) is 3. The van der Waals surface area contributed by atoms with E-state index in [1.54, 1.807) is 29.0 Å². The summed E-state index contributed by atoms with van der Waals surface area (Å²) in [4.78, 5) is 4.13. The lowest BCUT2D eigenvalue weighted by molar-refractivity contribution is 0.285. The number of aromatic nitrogens is 2. The molecule has 1 fully saturated rings. The first-order valence-electron chi connectivity index (χ1n) is 6.01. The van der Waals surface area contributed by atoms with Crippen molar-refractivity contribution in [1.29, 1.82) is 0 Å². The second-order valence-corrected chi connectivity index (χ2v) is 7.30. The summed E-state index contributed by atoms with van der Waals surface area (Å²) in [6.07, 6.45) is 3.59. The number of piperidine rings is 1. The normalized spacial score (nSPS) is 22.3. The summed E-state index contributed by atoms with van der Waals surface area (Å²) >= 11 is 3.44. The second kappa shape index (κ2) is 5.30. The molecule has 1 aromatic rings. The number of nitrogens with zero attached hydrogens (tertiary/aromatic N) is 3. The van der Waals surface area contributed by atoms with Gasteiger partial charge >= 0.3 is 0 Å². The lowest BCUT2D eigenvalue weighted by Crippen LogP contribution is -2.40. The van der Waals surface area contributed by atoms with Crippen LogP contribution < -0.4 is 0 Å². The molecule has 1 aromatic heterocycles. The van der Waals surface area contributed by atoms with E-state index in [4.69, 9.17) is 0 Å². The first-order chi connectivity index (χ1) is 8.45. The molecule has 1 aliphatic heterocycles. The van der Waals surface area contributed by atoms with E-state index in [-0.39, 0.29) is 5.03 Å². The van der Waals surface area contributed by atoms with Gasteiger partial charge in [0.25, 0.3) is 10.0 Å². The minimum Gasteiger partial charge on any atom is -0.337 e. The average Bonchev–Trinajstić information content (AvgIpc) is 2.70. The third kappa shape index (κ3) is 2.62. The van der Waals surface area contributed by atoms with Crippen molar-refractivity contribution in [3.63, 3.8) is 0 Å². The van der Waals surface area contributed by atoms with Gasteiger partial charge in [-0.15, -0.1) is 0 Å². The molecule has 0 N–H and O–H groups in total. The van der Waals surface area contributed by atoms with E-state index in [1.807, 2.05) is 0 Å². The molecule has 2 heterocycles. The van der Waals surface area contributed by atoms with E-state index in [2.05, 4.69) is 20.9 Å². The van der Waals surface area contributed by atoms with Gasteiger partial charge in [-0.2, -0.15) is 4.31 Å². The molecule has 7 heteroatoms. The Balaban J connectivity index is 2.25. The van der Waals surface area contributed by atoms with Crippen molar-refractivity contribution >= 4 is 26.0 Å². The Morgan fingerprint density at radius 3 is 2.83 bits per heavy atom. The van der Waals surface area contributed by atoms with Crippen LogP contribution >= 0.6 is 15.9 Å². The number of imidazole rings is 1. The number of sulfonamides is 1. The van der Waals surface area contributed by atoms with Crippen molar-refractivity contribution in [3.8, 4) is 0 Å². The smallest absolute Gasteiger partial charge is 0.262 e. The predicted octanol–water partition coefficient (Wildman–Crippen LogP) is 1.52. The summed E-state index contributed by atoms with van der Waals surface area (Å²) in [5.74, 6) is 1.11. The van der Waals surface area contributed by atoms with Gasteiger partial charge in [0.2, 0.25) is 0 Å². The van der Waals surface area contributed by atoms with Crippen molar-refractivity contribution in [2.24, 2.45) is 13.0 Å². The van der Waals surface area contributed by atoms with Gasteiger partial charge < -0.3 is 4.57 Å². The molecule has 0 spiro atoms. The highest BCUT2D eigenvalue weighted by atomic mass is 79.9. The van der Waals surface area contributed by atoms with E-state index in [9.17, 15) is 8.42 Å². The molecule has 0 bridgehead atoms. The Morgan fingerprint density at radius 1 is 1.56 bits per heavy atom. The van der Waals surface area contributed by atoms with Gasteiger partial charge in [-0.1, -0.05) is 15.9 Å². The Kier molecular flexibility index (Phi) is 4.13. The number of alkyl halides is 1. The van der Waals surface area contributed by atoms with Crippen molar-refractivity contribution in [2.45, 2.75) is 24.8 Å². The van der Waals surface area contributed by atoms with E-state index >= 15 is 0 Å². The van der Waals surface area contributed by atoms with E-state index in [1.165, 1.54) is 0 Å². The first kappa shape index (κ1) is 14.0. The Labute approximate surface area is 116 Å². The molecule has 0 amide bonds. The molecule has 1 saturated heterocycles. The molecule has 1 aliphatic rings. The lowest BCUT2D eigenvalue weighted by Gasteiger charge is -2.30. The third-order valence-electron chi connectivity index (χ3n) is 3.39. The minimum absolute atomic E-state index is 0.165. The van der Waals surface area contributed by atoms with E-state index in [0.717, 1.165) is 18.2 Å². The van der Waals surface area contributed by atoms with Gasteiger partial charge in [-0.05, 0) is 25.7 Å². The maximum absolute atomic E-state index is 12.4. The SMILES string of the molecule is Cc1nc(S(=O)(=O)N2CCCC(CBr)C2)cn1C. The van der Waals surface area contributed by atoms with Gasteiger partial charge in [0, 0.05) is 31.7 Å². The van der Waals surface area contributed by atoms with Gasteiger partial charge in [0.15, 0.2) is 5.03 Å². The molecule has 5 nitrogen and oxygen atoms in total. The average molecular weight is 336 g/mol. The fraction of sp³-hybridized carbons (Fsp3) is 0.727. The van der Waals surface area contributed by atoms with Crippen LogP contribution in [0.3, 0.4) is 0 Å². The van der Waals surface area contributed by atoms with Crippen LogP contribution in [0.2, 0.25) is 0 Å². The Morgan fingerprint density at radius 2 is 2.28 bits per heavy atom. The van der Waals surface area contributed by atoms with Crippen LogP contribution in [-0.4, -0.2) is 40.7 Å². The van der Waals surface area contributed by atoms with Gasteiger partial charge in [-0.25, -0.2) is 13.4 Å². The summed E-state index contributed by atoms with van der Waals surface area (Å²) in [7, 11) is -1.62. The Bertz CT molecular complexity index is 507. The zero-order valence-corrected chi connectivity index (χ0v) is 13.0. The number of rotatable bonds is 3. The predicted molar refractivity (Wildman–Crippen MR) is 73.2 cm³/mol. The fourth-order valence-electron chi connectivity index (χ4n) is 2.15. The van der Waals surface area contributed by atoms with E-state index < -0.39 is 10.0 Å². The second-order valence-electron chi connectivity index (χ2n) is 4.76. The molecule has 1 atom stereocenters. The summed E-state index contributed by atoms with van der Waals surface area (Å²) in [6.45, 7) is 2.99. The molecule has 102 valence electrons. The van der Waals surface area contributed by atoms with Crippen LogP contribution in [0.5, 0.6) is 0 Å². The highest BCUT2D eigenvalue weighted by molar-refractivity contribution is 9.09. The van der Waals surface area contributed by atoms with Crippen molar-refractivity contribution < 1.29 is 8.42 Å². The zero-order valence-electron chi connectivity index (χ0n) is 10.6. The molecule has 0 radical (unpaired) electrons. The summed E-state index contributed by atoms with van der Waals surface area (Å²) < 4.78 is 28.2. The van der Waals surface area contributed by atoms with Gasteiger partial charge in [0.1, 0.15) is 5.82 Å². The molecule has 0 aliphatic carbocycles. The van der Waals surface area contributed by atoms with Crippen molar-refractivity contribution in [2.75, 3.05) is 18.4 Å². The zero-order chi connectivity index (χ0) is 13.3. The van der Waals surface area contributed by atoms with E-state index in [0.29, 0.717) is 24.8 Å². The van der Waals surface area contributed by atoms with Crippen molar-refractivity contribution in [3.05, 3.63) is 12.0 Å². The maximum atomic E-state index is 12.4. The molecular weight excluding hydrogens is 318 g/mol. The number of hydrogen-bond donors (Lipinski definition) is 0. The van der Waals surface area contributed by atoms with Gasteiger partial charge in [-0.3, -0.25) is 0 Å². The van der Waals surface area contributed by atoms with Crippen LogP contribution in [0, 0.1) is 12.8 Å². The minimum atomic E-state index is -3.43. The lowest BCUT2D eigenvalue weighted by atomic mass is 10.0. The molecule has 1 unspecified atom stereocenters. The van der Waals surface area contributed by atoms with Crippen LogP contribution in [0.25, 0.3) is 0 Å². The van der Waals surface area contributed by atoms with Crippen LogP contribution in [0.15, 0.2) is 11.2 Å². The standard InChI is InChI=1S/C11H18BrN3O2S/c1-9-13-11(8-14(9)2)18(16,17)15-5-3-4-10(6-12)7-15/h8,10H,3-7H2,1-2H3. The summed E-state index contributed by atoms with van der Waals surface area (Å²) in [5.41, 5.74) is 0. The van der Waals surface area contributed by atoms with Crippen LogP contribution in [-0.2, 0) is 17.1 Å². The molecule has 0 aromatic carbocycles. The maximum Gasteiger partial charge on any atom is 0.262 e. The monoisotopic (exact) mass is 335 g/mol. The first-order valence-corrected chi connectivity index (χ1v) is 8.57. The van der Waals surface area contributed by atoms with Crippen molar-refractivity contribution in [1.82, 2.24) is 13.9 Å².